The van der Waals surface area contributed by atoms with Crippen molar-refractivity contribution < 1.29 is 29.0 Å². The number of amides is 2. The van der Waals surface area contributed by atoms with Gasteiger partial charge in [-0.2, -0.15) is 4.98 Å². The van der Waals surface area contributed by atoms with Crippen LogP contribution in [0.1, 0.15) is 49.2 Å². The number of ether oxygens (including phenoxy) is 2. The molecule has 0 aliphatic rings. The Morgan fingerprint density at radius 1 is 1.06 bits per heavy atom. The molecule has 0 saturated heterocycles. The van der Waals surface area contributed by atoms with Crippen molar-refractivity contribution in [3.63, 3.8) is 0 Å². The molecule has 2 rings (SSSR count). The highest BCUT2D eigenvalue weighted by Gasteiger charge is 2.21. The van der Waals surface area contributed by atoms with E-state index in [9.17, 15) is 19.5 Å². The quantitative estimate of drug-likeness (QED) is 0.502. The summed E-state index contributed by atoms with van der Waals surface area (Å²) in [5, 5.41) is 15.8. The van der Waals surface area contributed by atoms with Crippen LogP contribution in [-0.4, -0.2) is 47.4 Å². The van der Waals surface area contributed by atoms with Crippen LogP contribution in [0, 0.1) is 11.8 Å². The minimum atomic E-state index is -0.355. The molecule has 3 N–H and O–H groups in total. The van der Waals surface area contributed by atoms with Crippen molar-refractivity contribution in [2.45, 2.75) is 34.1 Å². The summed E-state index contributed by atoms with van der Waals surface area (Å²) in [6.07, 6.45) is 2.05. The monoisotopic (exact) mass is 444 g/mol. The lowest BCUT2D eigenvalue weighted by Crippen LogP contribution is -2.23. The summed E-state index contributed by atoms with van der Waals surface area (Å²) in [7, 11) is 2.76. The third-order valence-electron chi connectivity index (χ3n) is 4.66. The molecule has 32 heavy (non-hydrogen) atoms. The molecule has 0 radical (unpaired) electrons. The first kappa shape index (κ1) is 24.6. The number of carbonyl (C=O) groups excluding carboxylic acids is 3. The van der Waals surface area contributed by atoms with Gasteiger partial charge in [0.25, 0.3) is 0 Å². The number of anilines is 2. The summed E-state index contributed by atoms with van der Waals surface area (Å²) < 4.78 is 10.4. The van der Waals surface area contributed by atoms with Gasteiger partial charge < -0.3 is 19.9 Å². The van der Waals surface area contributed by atoms with Crippen LogP contribution in [0.15, 0.2) is 12.3 Å². The lowest BCUT2D eigenvalue weighted by molar-refractivity contribution is -0.119. The van der Waals surface area contributed by atoms with E-state index in [1.807, 2.05) is 0 Å². The van der Waals surface area contributed by atoms with Crippen LogP contribution >= 0.6 is 0 Å². The van der Waals surface area contributed by atoms with E-state index in [-0.39, 0.29) is 64.6 Å². The minimum absolute atomic E-state index is 0.0148. The highest BCUT2D eigenvalue weighted by atomic mass is 16.5. The van der Waals surface area contributed by atoms with Crippen molar-refractivity contribution in [3.05, 3.63) is 29.0 Å². The SMILES string of the molecule is COc1cc(Cc2cnc(NC(=O)C(C)C)nc2NC(=O)C(C)C)c(C=O)c(O)c1OC. The minimum Gasteiger partial charge on any atom is -0.504 e. The number of phenolic OH excluding ortho intramolecular Hbond substituents is 1. The predicted molar refractivity (Wildman–Crippen MR) is 118 cm³/mol. The summed E-state index contributed by atoms with van der Waals surface area (Å²) in [4.78, 5) is 44.5. The molecule has 10 nitrogen and oxygen atoms in total. The van der Waals surface area contributed by atoms with Gasteiger partial charge in [0, 0.05) is 30.0 Å². The molecule has 172 valence electrons. The zero-order valence-electron chi connectivity index (χ0n) is 19.0. The van der Waals surface area contributed by atoms with Crippen molar-refractivity contribution in [1.29, 1.82) is 0 Å². The molecule has 0 aliphatic heterocycles. The Balaban J connectivity index is 2.54. The molecule has 1 aromatic carbocycles. The van der Waals surface area contributed by atoms with E-state index >= 15 is 0 Å². The first-order valence-corrected chi connectivity index (χ1v) is 10.0. The van der Waals surface area contributed by atoms with Gasteiger partial charge in [0.1, 0.15) is 5.82 Å². The van der Waals surface area contributed by atoms with Crippen molar-refractivity contribution in [3.8, 4) is 17.2 Å². The Kier molecular flexibility index (Phi) is 8.11. The normalized spacial score (nSPS) is 10.8. The maximum atomic E-state index is 12.3. The molecule has 2 amide bonds. The average molecular weight is 444 g/mol. The maximum absolute atomic E-state index is 12.3. The fourth-order valence-electron chi connectivity index (χ4n) is 2.74. The van der Waals surface area contributed by atoms with Crippen LogP contribution in [0.4, 0.5) is 11.8 Å². The number of nitrogens with zero attached hydrogens (tertiary/aromatic N) is 2. The van der Waals surface area contributed by atoms with Gasteiger partial charge in [-0.1, -0.05) is 27.7 Å². The molecule has 0 atom stereocenters. The number of benzene rings is 1. The molecule has 10 heteroatoms. The van der Waals surface area contributed by atoms with Crippen LogP contribution in [0.5, 0.6) is 17.2 Å². The number of methoxy groups -OCH3 is 2. The van der Waals surface area contributed by atoms with Crippen molar-refractivity contribution in [2.24, 2.45) is 11.8 Å². The smallest absolute Gasteiger partial charge is 0.231 e. The van der Waals surface area contributed by atoms with E-state index in [1.165, 1.54) is 20.4 Å². The Morgan fingerprint density at radius 3 is 2.22 bits per heavy atom. The van der Waals surface area contributed by atoms with Gasteiger partial charge in [-0.3, -0.25) is 19.7 Å². The summed E-state index contributed by atoms with van der Waals surface area (Å²) >= 11 is 0. The number of rotatable bonds is 9. The van der Waals surface area contributed by atoms with Crippen LogP contribution in [0.25, 0.3) is 0 Å². The Labute approximate surface area is 186 Å². The van der Waals surface area contributed by atoms with Gasteiger partial charge in [0.05, 0.1) is 19.8 Å². The Hall–Kier alpha value is -3.69. The summed E-state index contributed by atoms with van der Waals surface area (Å²) in [6.45, 7) is 6.92. The van der Waals surface area contributed by atoms with Crippen LogP contribution in [-0.2, 0) is 16.0 Å². The number of carbonyl (C=O) groups is 3. The van der Waals surface area contributed by atoms with Crippen molar-refractivity contribution in [2.75, 3.05) is 24.9 Å². The van der Waals surface area contributed by atoms with Gasteiger partial charge >= 0.3 is 0 Å². The molecule has 0 spiro atoms. The van der Waals surface area contributed by atoms with Gasteiger partial charge in [-0.05, 0) is 11.6 Å². The highest BCUT2D eigenvalue weighted by Crippen LogP contribution is 2.41. The van der Waals surface area contributed by atoms with E-state index in [1.54, 1.807) is 33.8 Å². The lowest BCUT2D eigenvalue weighted by atomic mass is 9.99. The zero-order valence-corrected chi connectivity index (χ0v) is 19.0. The molecule has 0 saturated carbocycles. The van der Waals surface area contributed by atoms with E-state index in [0.29, 0.717) is 17.4 Å². The van der Waals surface area contributed by atoms with Gasteiger partial charge in [-0.15, -0.1) is 0 Å². The highest BCUT2D eigenvalue weighted by molar-refractivity contribution is 5.93. The summed E-state index contributed by atoms with van der Waals surface area (Å²) in [5.41, 5.74) is 0.898. The number of phenols is 1. The fourth-order valence-corrected chi connectivity index (χ4v) is 2.74. The van der Waals surface area contributed by atoms with E-state index in [4.69, 9.17) is 9.47 Å². The third kappa shape index (κ3) is 5.51. The second kappa shape index (κ2) is 10.6. The van der Waals surface area contributed by atoms with Crippen molar-refractivity contribution >= 4 is 29.9 Å². The average Bonchev–Trinajstić information content (AvgIpc) is 2.74. The topological polar surface area (TPSA) is 140 Å². The summed E-state index contributed by atoms with van der Waals surface area (Å²) in [6, 6.07) is 1.56. The number of aromatic nitrogens is 2. The van der Waals surface area contributed by atoms with Crippen LogP contribution < -0.4 is 20.1 Å². The second-order valence-corrected chi connectivity index (χ2v) is 7.68. The number of aromatic hydroxyl groups is 1. The lowest BCUT2D eigenvalue weighted by Gasteiger charge is -2.17. The number of hydrogen-bond acceptors (Lipinski definition) is 8. The molecule has 0 aliphatic carbocycles. The number of hydrogen-bond donors (Lipinski definition) is 3. The first-order chi connectivity index (χ1) is 15.1. The molecular weight excluding hydrogens is 416 g/mol. The maximum Gasteiger partial charge on any atom is 0.231 e. The van der Waals surface area contributed by atoms with Gasteiger partial charge in [0.2, 0.25) is 23.5 Å². The molecule has 1 aromatic heterocycles. The molecule has 1 heterocycles. The first-order valence-electron chi connectivity index (χ1n) is 10.0. The third-order valence-corrected chi connectivity index (χ3v) is 4.66. The molecular formula is C22H28N4O6. The standard InChI is InChI=1S/C22H28N4O6/c1-11(2)20(29)24-19-14(9-23-22(25-19)26-21(30)12(3)4)7-13-8-16(31-5)18(32-6)17(28)15(13)10-27/h8-12,28H,7H2,1-6H3,(H2,23,24,25,26,29,30). The largest absolute Gasteiger partial charge is 0.504 e. The number of nitrogens with one attached hydrogen (secondary N) is 2. The zero-order chi connectivity index (χ0) is 24.0. The van der Waals surface area contributed by atoms with Gasteiger partial charge in [-0.25, -0.2) is 4.98 Å². The molecule has 2 aromatic rings. The Bertz CT molecular complexity index is 1020. The molecule has 0 bridgehead atoms. The van der Waals surface area contributed by atoms with Crippen LogP contribution in [0.3, 0.4) is 0 Å². The number of aldehydes is 1. The Morgan fingerprint density at radius 2 is 1.69 bits per heavy atom. The van der Waals surface area contributed by atoms with E-state index < -0.39 is 0 Å². The molecule has 0 unspecified atom stereocenters. The van der Waals surface area contributed by atoms with E-state index in [2.05, 4.69) is 20.6 Å². The van der Waals surface area contributed by atoms with Gasteiger partial charge in [0.15, 0.2) is 17.8 Å². The van der Waals surface area contributed by atoms with Crippen molar-refractivity contribution in [1.82, 2.24) is 9.97 Å². The summed E-state index contributed by atoms with van der Waals surface area (Å²) in [5.74, 6) is -1.01. The molecule has 0 fully saturated rings. The second-order valence-electron chi connectivity index (χ2n) is 7.68. The fraction of sp³-hybridized carbons (Fsp3) is 0.409. The predicted octanol–water partition coefficient (Wildman–Crippen LogP) is 2.79. The van der Waals surface area contributed by atoms with E-state index in [0.717, 1.165) is 0 Å². The van der Waals surface area contributed by atoms with Crippen LogP contribution in [0.2, 0.25) is 0 Å².